The van der Waals surface area contributed by atoms with Crippen molar-refractivity contribution >= 4 is 5.91 Å². The summed E-state index contributed by atoms with van der Waals surface area (Å²) < 4.78 is 13.5. The van der Waals surface area contributed by atoms with Crippen molar-refractivity contribution in [2.45, 2.75) is 13.0 Å². The van der Waals surface area contributed by atoms with Crippen molar-refractivity contribution in [1.82, 2.24) is 20.2 Å². The highest BCUT2D eigenvalue weighted by atomic mass is 19.1. The van der Waals surface area contributed by atoms with Crippen LogP contribution < -0.4 is 5.32 Å². The molecule has 1 aromatic heterocycles. The van der Waals surface area contributed by atoms with Gasteiger partial charge < -0.3 is 10.2 Å². The highest BCUT2D eigenvalue weighted by Gasteiger charge is 2.29. The van der Waals surface area contributed by atoms with Crippen LogP contribution in [-0.2, 0) is 0 Å². The number of piperazine rings is 1. The van der Waals surface area contributed by atoms with Gasteiger partial charge in [-0.05, 0) is 24.6 Å². The number of nitrogens with zero attached hydrogens (tertiary/aromatic N) is 3. The minimum absolute atomic E-state index is 0.117. The van der Waals surface area contributed by atoms with E-state index in [1.165, 1.54) is 24.7 Å². The molecule has 0 radical (unpaired) electrons. The highest BCUT2D eigenvalue weighted by molar-refractivity contribution is 5.95. The van der Waals surface area contributed by atoms with Crippen LogP contribution in [0, 0.1) is 12.7 Å². The van der Waals surface area contributed by atoms with Gasteiger partial charge in [-0.2, -0.15) is 0 Å². The van der Waals surface area contributed by atoms with E-state index >= 15 is 0 Å². The van der Waals surface area contributed by atoms with E-state index in [0.717, 1.165) is 5.56 Å². The lowest BCUT2D eigenvalue weighted by Gasteiger charge is -2.36. The molecule has 1 N–H and O–H groups in total. The average molecular weight is 300 g/mol. The molecule has 1 aliphatic rings. The molecule has 6 heteroatoms. The molecule has 22 heavy (non-hydrogen) atoms. The number of nitrogens with one attached hydrogen (secondary N) is 1. The van der Waals surface area contributed by atoms with Gasteiger partial charge in [-0.3, -0.25) is 4.79 Å². The molecule has 1 atom stereocenters. The number of halogens is 1. The van der Waals surface area contributed by atoms with E-state index in [1.54, 1.807) is 17.9 Å². The Morgan fingerprint density at radius 1 is 1.45 bits per heavy atom. The Balaban J connectivity index is 1.93. The number of hydrogen-bond acceptors (Lipinski definition) is 4. The first-order valence-electron chi connectivity index (χ1n) is 7.20. The number of carbonyl (C=O) groups excluding carboxylic acids is 1. The Morgan fingerprint density at radius 3 is 3.09 bits per heavy atom. The van der Waals surface area contributed by atoms with Crippen LogP contribution in [0.15, 0.2) is 36.8 Å². The maximum Gasteiger partial charge on any atom is 0.257 e. The summed E-state index contributed by atoms with van der Waals surface area (Å²) in [5.41, 5.74) is 1.93. The maximum absolute atomic E-state index is 13.5. The van der Waals surface area contributed by atoms with Crippen LogP contribution in [-0.4, -0.2) is 40.4 Å². The summed E-state index contributed by atoms with van der Waals surface area (Å²) >= 11 is 0. The van der Waals surface area contributed by atoms with Gasteiger partial charge in [-0.1, -0.05) is 12.1 Å². The Labute approximate surface area is 128 Å². The number of rotatable bonds is 2. The normalized spacial score (nSPS) is 18.3. The zero-order valence-corrected chi connectivity index (χ0v) is 12.3. The van der Waals surface area contributed by atoms with Crippen LogP contribution in [0.5, 0.6) is 0 Å². The van der Waals surface area contributed by atoms with Gasteiger partial charge in [0.15, 0.2) is 0 Å². The summed E-state index contributed by atoms with van der Waals surface area (Å²) in [4.78, 5) is 22.6. The average Bonchev–Trinajstić information content (AvgIpc) is 2.55. The quantitative estimate of drug-likeness (QED) is 0.917. The molecular formula is C16H17FN4O. The van der Waals surface area contributed by atoms with Crippen molar-refractivity contribution in [1.29, 1.82) is 0 Å². The lowest BCUT2D eigenvalue weighted by atomic mass is 10.0. The van der Waals surface area contributed by atoms with Crippen molar-refractivity contribution in [3.8, 4) is 0 Å². The lowest BCUT2D eigenvalue weighted by molar-refractivity contribution is 0.0632. The molecule has 0 aliphatic carbocycles. The van der Waals surface area contributed by atoms with Crippen molar-refractivity contribution < 1.29 is 9.18 Å². The smallest absolute Gasteiger partial charge is 0.257 e. The number of aromatic nitrogens is 2. The van der Waals surface area contributed by atoms with Crippen LogP contribution in [0.25, 0.3) is 0 Å². The number of amides is 1. The van der Waals surface area contributed by atoms with Crippen LogP contribution in [0.1, 0.15) is 27.7 Å². The van der Waals surface area contributed by atoms with Crippen molar-refractivity contribution in [2.24, 2.45) is 0 Å². The second-order valence-electron chi connectivity index (χ2n) is 5.30. The molecule has 1 aromatic carbocycles. The van der Waals surface area contributed by atoms with Gasteiger partial charge in [-0.15, -0.1) is 0 Å². The Hall–Kier alpha value is -2.34. The van der Waals surface area contributed by atoms with Crippen LogP contribution >= 0.6 is 0 Å². The maximum atomic E-state index is 13.5. The summed E-state index contributed by atoms with van der Waals surface area (Å²) in [6.07, 6.45) is 2.96. The minimum atomic E-state index is -0.297. The van der Waals surface area contributed by atoms with Gasteiger partial charge >= 0.3 is 0 Å². The fourth-order valence-electron chi connectivity index (χ4n) is 2.71. The predicted octanol–water partition coefficient (Wildman–Crippen LogP) is 1.71. The summed E-state index contributed by atoms with van der Waals surface area (Å²) in [5, 5.41) is 3.26. The van der Waals surface area contributed by atoms with Gasteiger partial charge in [0.25, 0.3) is 5.91 Å². The largest absolute Gasteiger partial charge is 0.329 e. The third kappa shape index (κ3) is 2.82. The van der Waals surface area contributed by atoms with Crippen molar-refractivity contribution in [3.05, 3.63) is 59.4 Å². The standard InChI is InChI=1S/C16H17FN4O/c1-11-14(8-19-10-20-11)16(22)21-6-5-18-9-15(21)12-3-2-4-13(17)7-12/h2-4,7-8,10,15,18H,5-6,9H2,1H3. The molecule has 5 nitrogen and oxygen atoms in total. The van der Waals surface area contributed by atoms with Crippen molar-refractivity contribution in [2.75, 3.05) is 19.6 Å². The van der Waals surface area contributed by atoms with Gasteiger partial charge in [-0.25, -0.2) is 14.4 Å². The first-order chi connectivity index (χ1) is 10.7. The minimum Gasteiger partial charge on any atom is -0.329 e. The topological polar surface area (TPSA) is 58.1 Å². The molecule has 1 aliphatic heterocycles. The SMILES string of the molecule is Cc1ncncc1C(=O)N1CCNCC1c1cccc(F)c1. The molecule has 0 spiro atoms. The van der Waals surface area contributed by atoms with E-state index in [2.05, 4.69) is 15.3 Å². The first-order valence-corrected chi connectivity index (χ1v) is 7.20. The van der Waals surface area contributed by atoms with Gasteiger partial charge in [0.1, 0.15) is 12.1 Å². The third-order valence-electron chi connectivity index (χ3n) is 3.88. The summed E-state index contributed by atoms with van der Waals surface area (Å²) in [7, 11) is 0. The second kappa shape index (κ2) is 6.19. The van der Waals surface area contributed by atoms with E-state index < -0.39 is 0 Å². The predicted molar refractivity (Wildman–Crippen MR) is 79.8 cm³/mol. The number of hydrogen-bond donors (Lipinski definition) is 1. The summed E-state index contributed by atoms with van der Waals surface area (Å²) in [6, 6.07) is 6.19. The van der Waals surface area contributed by atoms with Gasteiger partial charge in [0.2, 0.25) is 0 Å². The number of benzene rings is 1. The summed E-state index contributed by atoms with van der Waals surface area (Å²) in [6.45, 7) is 3.66. The zero-order valence-electron chi connectivity index (χ0n) is 12.3. The van der Waals surface area contributed by atoms with E-state index in [-0.39, 0.29) is 17.8 Å². The van der Waals surface area contributed by atoms with E-state index in [9.17, 15) is 9.18 Å². The zero-order chi connectivity index (χ0) is 15.5. The highest BCUT2D eigenvalue weighted by Crippen LogP contribution is 2.25. The monoisotopic (exact) mass is 300 g/mol. The number of carbonyl (C=O) groups is 1. The molecule has 1 saturated heterocycles. The van der Waals surface area contributed by atoms with Gasteiger partial charge in [0, 0.05) is 25.8 Å². The molecule has 1 amide bonds. The van der Waals surface area contributed by atoms with Gasteiger partial charge in [0.05, 0.1) is 17.3 Å². The Kier molecular flexibility index (Phi) is 4.11. The molecular weight excluding hydrogens is 283 g/mol. The molecule has 0 saturated carbocycles. The van der Waals surface area contributed by atoms with Crippen LogP contribution in [0.2, 0.25) is 0 Å². The second-order valence-corrected chi connectivity index (χ2v) is 5.30. The molecule has 2 heterocycles. The molecule has 1 unspecified atom stereocenters. The van der Waals surface area contributed by atoms with E-state index in [1.807, 2.05) is 6.07 Å². The van der Waals surface area contributed by atoms with Crippen molar-refractivity contribution in [3.63, 3.8) is 0 Å². The Morgan fingerprint density at radius 2 is 2.32 bits per heavy atom. The molecule has 2 aromatic rings. The van der Waals surface area contributed by atoms with Crippen LogP contribution in [0.3, 0.4) is 0 Å². The van der Waals surface area contributed by atoms with E-state index in [0.29, 0.717) is 30.9 Å². The fourth-order valence-corrected chi connectivity index (χ4v) is 2.71. The van der Waals surface area contributed by atoms with E-state index in [4.69, 9.17) is 0 Å². The Bertz CT molecular complexity index is 691. The molecule has 3 rings (SSSR count). The first kappa shape index (κ1) is 14.6. The lowest BCUT2D eigenvalue weighted by Crippen LogP contribution is -2.48. The summed E-state index contributed by atoms with van der Waals surface area (Å²) in [5.74, 6) is -0.413. The third-order valence-corrected chi connectivity index (χ3v) is 3.88. The fraction of sp³-hybridized carbons (Fsp3) is 0.312. The van der Waals surface area contributed by atoms with Crippen LogP contribution in [0.4, 0.5) is 4.39 Å². The molecule has 114 valence electrons. The number of aryl methyl sites for hydroxylation is 1. The molecule has 1 fully saturated rings. The molecule has 0 bridgehead atoms.